The quantitative estimate of drug-likeness (QED) is 0.631. The van der Waals surface area contributed by atoms with Gasteiger partial charge in [0.2, 0.25) is 0 Å². The lowest BCUT2D eigenvalue weighted by Crippen LogP contribution is -2.21. The molecule has 0 aromatic heterocycles. The standard InChI is InChI=1S/C9H17NO/c10-11-7-9(5-6-9)8-3-1-2-4-8/h8H,1-7,10H2. The van der Waals surface area contributed by atoms with Gasteiger partial charge in [-0.2, -0.15) is 0 Å². The molecule has 2 nitrogen and oxygen atoms in total. The number of rotatable bonds is 3. The van der Waals surface area contributed by atoms with E-state index in [0.717, 1.165) is 12.5 Å². The molecule has 2 aliphatic carbocycles. The van der Waals surface area contributed by atoms with Crippen molar-refractivity contribution in [1.82, 2.24) is 0 Å². The van der Waals surface area contributed by atoms with Crippen LogP contribution in [0.3, 0.4) is 0 Å². The van der Waals surface area contributed by atoms with Crippen LogP contribution in [-0.2, 0) is 4.84 Å². The maximum atomic E-state index is 5.12. The summed E-state index contributed by atoms with van der Waals surface area (Å²) < 4.78 is 0. The second-order valence-corrected chi connectivity index (χ2v) is 4.15. The van der Waals surface area contributed by atoms with Crippen molar-refractivity contribution in [3.05, 3.63) is 0 Å². The highest BCUT2D eigenvalue weighted by molar-refractivity contribution is 4.99. The van der Waals surface area contributed by atoms with Gasteiger partial charge in [-0.15, -0.1) is 0 Å². The van der Waals surface area contributed by atoms with E-state index in [1.54, 1.807) is 0 Å². The van der Waals surface area contributed by atoms with Crippen molar-refractivity contribution in [2.45, 2.75) is 38.5 Å². The Morgan fingerprint density at radius 2 is 1.91 bits per heavy atom. The van der Waals surface area contributed by atoms with Gasteiger partial charge in [0, 0.05) is 0 Å². The topological polar surface area (TPSA) is 35.2 Å². The summed E-state index contributed by atoms with van der Waals surface area (Å²) >= 11 is 0. The van der Waals surface area contributed by atoms with Gasteiger partial charge in [-0.3, -0.25) is 0 Å². The Balaban J connectivity index is 1.91. The second kappa shape index (κ2) is 2.76. The third-order valence-corrected chi connectivity index (χ3v) is 3.48. The second-order valence-electron chi connectivity index (χ2n) is 4.15. The number of hydrogen-bond acceptors (Lipinski definition) is 2. The SMILES string of the molecule is NOCC1(C2CCCC2)CC1. The van der Waals surface area contributed by atoms with E-state index in [4.69, 9.17) is 10.7 Å². The zero-order chi connectivity index (χ0) is 7.73. The molecule has 0 spiro atoms. The summed E-state index contributed by atoms with van der Waals surface area (Å²) in [5.41, 5.74) is 0.533. The number of nitrogens with two attached hydrogens (primary N) is 1. The fourth-order valence-electron chi connectivity index (χ4n) is 2.54. The maximum Gasteiger partial charge on any atom is 0.0738 e. The van der Waals surface area contributed by atoms with Crippen LogP contribution in [0.25, 0.3) is 0 Å². The molecule has 2 saturated carbocycles. The first-order valence-electron chi connectivity index (χ1n) is 4.69. The van der Waals surface area contributed by atoms with E-state index in [0.29, 0.717) is 5.41 Å². The van der Waals surface area contributed by atoms with Crippen molar-refractivity contribution in [1.29, 1.82) is 0 Å². The van der Waals surface area contributed by atoms with E-state index < -0.39 is 0 Å². The van der Waals surface area contributed by atoms with E-state index in [-0.39, 0.29) is 0 Å². The van der Waals surface area contributed by atoms with Gasteiger partial charge in [0.15, 0.2) is 0 Å². The van der Waals surface area contributed by atoms with Crippen LogP contribution in [0, 0.1) is 11.3 Å². The first kappa shape index (κ1) is 7.56. The summed E-state index contributed by atoms with van der Waals surface area (Å²) in [6.45, 7) is 0.803. The van der Waals surface area contributed by atoms with Gasteiger partial charge in [0.1, 0.15) is 0 Å². The van der Waals surface area contributed by atoms with Crippen molar-refractivity contribution < 1.29 is 4.84 Å². The van der Waals surface area contributed by atoms with Gasteiger partial charge in [0.25, 0.3) is 0 Å². The average molecular weight is 155 g/mol. The zero-order valence-electron chi connectivity index (χ0n) is 7.01. The third-order valence-electron chi connectivity index (χ3n) is 3.48. The molecular formula is C9H17NO. The molecule has 0 saturated heterocycles. The molecule has 0 radical (unpaired) electrons. The largest absolute Gasteiger partial charge is 0.304 e. The number of hydrogen-bond donors (Lipinski definition) is 1. The summed E-state index contributed by atoms with van der Waals surface area (Å²) in [7, 11) is 0. The molecule has 2 aliphatic rings. The molecule has 2 N–H and O–H groups in total. The highest BCUT2D eigenvalue weighted by atomic mass is 16.6. The van der Waals surface area contributed by atoms with E-state index in [1.807, 2.05) is 0 Å². The van der Waals surface area contributed by atoms with Crippen LogP contribution < -0.4 is 5.90 Å². The molecule has 0 aromatic carbocycles. The molecule has 0 atom stereocenters. The minimum atomic E-state index is 0.533. The molecule has 64 valence electrons. The Morgan fingerprint density at radius 1 is 1.27 bits per heavy atom. The molecule has 0 aromatic rings. The normalized spacial score (nSPS) is 29.2. The van der Waals surface area contributed by atoms with Crippen LogP contribution in [0.2, 0.25) is 0 Å². The van der Waals surface area contributed by atoms with Gasteiger partial charge in [-0.05, 0) is 37.0 Å². The summed E-state index contributed by atoms with van der Waals surface area (Å²) in [4.78, 5) is 4.78. The molecule has 0 bridgehead atoms. The van der Waals surface area contributed by atoms with Crippen molar-refractivity contribution in [2.75, 3.05) is 6.61 Å². The maximum absolute atomic E-state index is 5.12. The predicted molar refractivity (Wildman–Crippen MR) is 43.8 cm³/mol. The zero-order valence-corrected chi connectivity index (χ0v) is 7.01. The molecule has 0 heterocycles. The molecule has 0 aliphatic heterocycles. The predicted octanol–water partition coefficient (Wildman–Crippen LogP) is 1.85. The molecule has 0 amide bonds. The Hall–Kier alpha value is -0.0800. The van der Waals surface area contributed by atoms with Gasteiger partial charge >= 0.3 is 0 Å². The fourth-order valence-corrected chi connectivity index (χ4v) is 2.54. The molecular weight excluding hydrogens is 138 g/mol. The lowest BCUT2D eigenvalue weighted by Gasteiger charge is -2.20. The van der Waals surface area contributed by atoms with E-state index >= 15 is 0 Å². The minimum Gasteiger partial charge on any atom is -0.304 e. The first-order chi connectivity index (χ1) is 5.37. The van der Waals surface area contributed by atoms with Gasteiger partial charge in [-0.1, -0.05) is 12.8 Å². The van der Waals surface area contributed by atoms with Gasteiger partial charge in [-0.25, -0.2) is 5.90 Å². The van der Waals surface area contributed by atoms with Crippen LogP contribution in [0.15, 0.2) is 0 Å². The average Bonchev–Trinajstić information content (AvgIpc) is 2.63. The summed E-state index contributed by atoms with van der Waals surface area (Å²) in [6, 6.07) is 0. The van der Waals surface area contributed by atoms with Crippen molar-refractivity contribution >= 4 is 0 Å². The molecule has 11 heavy (non-hydrogen) atoms. The highest BCUT2D eigenvalue weighted by Gasteiger charge is 2.49. The smallest absolute Gasteiger partial charge is 0.0738 e. The molecule has 2 fully saturated rings. The Morgan fingerprint density at radius 3 is 2.36 bits per heavy atom. The molecule has 0 unspecified atom stereocenters. The van der Waals surface area contributed by atoms with Crippen LogP contribution in [0.5, 0.6) is 0 Å². The molecule has 2 heteroatoms. The Labute approximate surface area is 68.1 Å². The van der Waals surface area contributed by atoms with Crippen LogP contribution >= 0.6 is 0 Å². The van der Waals surface area contributed by atoms with E-state index in [2.05, 4.69) is 0 Å². The minimum absolute atomic E-state index is 0.533. The van der Waals surface area contributed by atoms with Crippen LogP contribution in [0.4, 0.5) is 0 Å². The summed E-state index contributed by atoms with van der Waals surface area (Å²) in [5.74, 6) is 6.06. The lowest BCUT2D eigenvalue weighted by molar-refractivity contribution is 0.0658. The lowest BCUT2D eigenvalue weighted by atomic mass is 9.88. The summed E-state index contributed by atoms with van der Waals surface area (Å²) in [5, 5.41) is 0. The van der Waals surface area contributed by atoms with E-state index in [9.17, 15) is 0 Å². The van der Waals surface area contributed by atoms with Crippen LogP contribution in [0.1, 0.15) is 38.5 Å². The van der Waals surface area contributed by atoms with Crippen LogP contribution in [-0.4, -0.2) is 6.61 Å². The first-order valence-corrected chi connectivity index (χ1v) is 4.69. The highest BCUT2D eigenvalue weighted by Crippen LogP contribution is 2.56. The van der Waals surface area contributed by atoms with Gasteiger partial charge < -0.3 is 4.84 Å². The molecule has 2 rings (SSSR count). The Bertz CT molecular complexity index is 136. The van der Waals surface area contributed by atoms with Crippen molar-refractivity contribution in [3.8, 4) is 0 Å². The fraction of sp³-hybridized carbons (Fsp3) is 1.00. The Kier molecular flexibility index (Phi) is 1.90. The monoisotopic (exact) mass is 155 g/mol. The van der Waals surface area contributed by atoms with E-state index in [1.165, 1.54) is 38.5 Å². The summed E-state index contributed by atoms with van der Waals surface area (Å²) in [6.07, 6.45) is 8.41. The third kappa shape index (κ3) is 1.30. The van der Waals surface area contributed by atoms with Crippen molar-refractivity contribution in [2.24, 2.45) is 17.2 Å². The van der Waals surface area contributed by atoms with Gasteiger partial charge in [0.05, 0.1) is 6.61 Å². The van der Waals surface area contributed by atoms with Crippen molar-refractivity contribution in [3.63, 3.8) is 0 Å².